The van der Waals surface area contributed by atoms with Gasteiger partial charge in [-0.1, -0.05) is 158 Å². The van der Waals surface area contributed by atoms with Crippen molar-refractivity contribution in [3.05, 3.63) is 194 Å². The van der Waals surface area contributed by atoms with Crippen molar-refractivity contribution in [2.45, 2.75) is 0 Å². The van der Waals surface area contributed by atoms with Gasteiger partial charge in [0.2, 0.25) is 0 Å². The first-order valence-corrected chi connectivity index (χ1v) is 19.6. The predicted octanol–water partition coefficient (Wildman–Crippen LogP) is 14.9. The molecule has 12 aromatic rings. The Hall–Kier alpha value is -7.82. The number of fused-ring (bicyclic) bond motifs is 8. The molecule has 4 heteroatoms. The molecule has 9 aromatic carbocycles. The first-order chi connectivity index (χ1) is 28.7. The Morgan fingerprint density at radius 3 is 1.55 bits per heavy atom. The standard InChI is InChI=1S/C54H32N2O2/c1-2-13-33(14-3-1)35-27-29-38-36(31-35)28-30-42(39-20-10-16-34-15-4-5-17-37(34)39)51(38)54-55-47(45-23-11-21-43-40-18-6-8-25-49(40)57-52(43)45)32-48(56-54)46-24-12-22-44-41-19-7-9-26-50(41)58-53(44)46/h1-32H. The maximum atomic E-state index is 6.63. The Morgan fingerprint density at radius 2 is 0.862 bits per heavy atom. The van der Waals surface area contributed by atoms with Gasteiger partial charge in [-0.25, -0.2) is 9.97 Å². The average Bonchev–Trinajstić information content (AvgIpc) is 3.87. The second kappa shape index (κ2) is 12.9. The summed E-state index contributed by atoms with van der Waals surface area (Å²) in [5.74, 6) is 0.620. The predicted molar refractivity (Wildman–Crippen MR) is 239 cm³/mol. The zero-order chi connectivity index (χ0) is 38.2. The Labute approximate surface area is 333 Å². The van der Waals surface area contributed by atoms with E-state index in [1.54, 1.807) is 0 Å². The lowest BCUT2D eigenvalue weighted by Crippen LogP contribution is -1.99. The highest BCUT2D eigenvalue weighted by Gasteiger charge is 2.22. The van der Waals surface area contributed by atoms with Gasteiger partial charge in [-0.2, -0.15) is 0 Å². The highest BCUT2D eigenvalue weighted by Crippen LogP contribution is 2.44. The summed E-state index contributed by atoms with van der Waals surface area (Å²) in [5, 5.41) is 8.75. The summed E-state index contributed by atoms with van der Waals surface area (Å²) >= 11 is 0. The van der Waals surface area contributed by atoms with Crippen molar-refractivity contribution in [1.82, 2.24) is 9.97 Å². The zero-order valence-electron chi connectivity index (χ0n) is 31.2. The Kier molecular flexibility index (Phi) is 7.20. The zero-order valence-corrected chi connectivity index (χ0v) is 31.2. The third-order valence-electron chi connectivity index (χ3n) is 11.5. The van der Waals surface area contributed by atoms with Gasteiger partial charge < -0.3 is 8.83 Å². The van der Waals surface area contributed by atoms with Crippen LogP contribution in [0.3, 0.4) is 0 Å². The Bertz CT molecular complexity index is 3440. The molecule has 0 aliphatic carbocycles. The highest BCUT2D eigenvalue weighted by molar-refractivity contribution is 6.12. The summed E-state index contributed by atoms with van der Waals surface area (Å²) < 4.78 is 13.3. The molecule has 0 saturated carbocycles. The maximum Gasteiger partial charge on any atom is 0.161 e. The molecule has 270 valence electrons. The first-order valence-electron chi connectivity index (χ1n) is 19.6. The van der Waals surface area contributed by atoms with E-state index >= 15 is 0 Å². The van der Waals surface area contributed by atoms with Crippen molar-refractivity contribution in [3.63, 3.8) is 0 Å². The van der Waals surface area contributed by atoms with Gasteiger partial charge in [0.05, 0.1) is 11.4 Å². The van der Waals surface area contributed by atoms with E-state index in [0.29, 0.717) is 5.82 Å². The molecule has 0 radical (unpaired) electrons. The topological polar surface area (TPSA) is 52.1 Å². The van der Waals surface area contributed by atoms with E-state index in [9.17, 15) is 0 Å². The fraction of sp³-hybridized carbons (Fsp3) is 0. The molecule has 0 aliphatic heterocycles. The van der Waals surface area contributed by atoms with Crippen LogP contribution in [0.1, 0.15) is 0 Å². The van der Waals surface area contributed by atoms with Gasteiger partial charge in [-0.05, 0) is 80.2 Å². The number of hydrogen-bond donors (Lipinski definition) is 0. The van der Waals surface area contributed by atoms with E-state index in [1.165, 1.54) is 16.3 Å². The minimum absolute atomic E-state index is 0.620. The van der Waals surface area contributed by atoms with Crippen LogP contribution in [0.2, 0.25) is 0 Å². The van der Waals surface area contributed by atoms with Crippen LogP contribution in [0.15, 0.2) is 203 Å². The molecular formula is C54H32N2O2. The van der Waals surface area contributed by atoms with Crippen LogP contribution in [0.5, 0.6) is 0 Å². The molecule has 3 aromatic heterocycles. The third kappa shape index (κ3) is 5.09. The molecule has 58 heavy (non-hydrogen) atoms. The van der Waals surface area contributed by atoms with Crippen molar-refractivity contribution < 1.29 is 8.83 Å². The van der Waals surface area contributed by atoms with Crippen LogP contribution in [-0.2, 0) is 0 Å². The average molecular weight is 741 g/mol. The number of nitrogens with zero attached hydrogens (tertiary/aromatic N) is 2. The molecule has 0 unspecified atom stereocenters. The molecule has 0 N–H and O–H groups in total. The second-order valence-corrected chi connectivity index (χ2v) is 14.8. The van der Waals surface area contributed by atoms with Crippen LogP contribution in [-0.4, -0.2) is 9.97 Å². The summed E-state index contributed by atoms with van der Waals surface area (Å²) in [6.07, 6.45) is 0. The van der Waals surface area contributed by atoms with Gasteiger partial charge in [0, 0.05) is 38.2 Å². The minimum Gasteiger partial charge on any atom is -0.455 e. The number of rotatable bonds is 5. The van der Waals surface area contributed by atoms with Crippen LogP contribution in [0, 0.1) is 0 Å². The van der Waals surface area contributed by atoms with Crippen LogP contribution in [0.4, 0.5) is 0 Å². The number of para-hydroxylation sites is 4. The summed E-state index contributed by atoms with van der Waals surface area (Å²) in [6, 6.07) is 67.9. The smallest absolute Gasteiger partial charge is 0.161 e. The SMILES string of the molecule is c1ccc(-c2ccc3c(-c4nc(-c5cccc6c5oc5ccccc56)cc(-c5cccc6c5oc5ccccc56)n4)c(-c4cccc5ccccc45)ccc3c2)cc1. The van der Waals surface area contributed by atoms with Crippen LogP contribution in [0.25, 0.3) is 122 Å². The molecule has 0 atom stereocenters. The normalized spacial score (nSPS) is 11.8. The highest BCUT2D eigenvalue weighted by atomic mass is 16.3. The Balaban J connectivity index is 1.19. The molecule has 0 saturated heterocycles. The van der Waals surface area contributed by atoms with E-state index in [4.69, 9.17) is 18.8 Å². The monoisotopic (exact) mass is 740 g/mol. The molecule has 3 heterocycles. The summed E-state index contributed by atoms with van der Waals surface area (Å²) in [4.78, 5) is 11.1. The molecule has 0 aliphatic rings. The molecule has 0 spiro atoms. The summed E-state index contributed by atoms with van der Waals surface area (Å²) in [7, 11) is 0. The van der Waals surface area contributed by atoms with Gasteiger partial charge in [-0.3, -0.25) is 0 Å². The number of benzene rings is 9. The van der Waals surface area contributed by atoms with Gasteiger partial charge in [0.1, 0.15) is 22.3 Å². The number of hydrogen-bond acceptors (Lipinski definition) is 4. The first kappa shape index (κ1) is 32.4. The maximum absolute atomic E-state index is 6.63. The fourth-order valence-corrected chi connectivity index (χ4v) is 8.80. The van der Waals surface area contributed by atoms with Crippen molar-refractivity contribution in [2.75, 3.05) is 0 Å². The molecule has 4 nitrogen and oxygen atoms in total. The quantitative estimate of drug-likeness (QED) is 0.176. The Morgan fingerprint density at radius 1 is 0.310 bits per heavy atom. The van der Waals surface area contributed by atoms with E-state index < -0.39 is 0 Å². The largest absolute Gasteiger partial charge is 0.455 e. The van der Waals surface area contributed by atoms with E-state index in [2.05, 4.69) is 170 Å². The third-order valence-corrected chi connectivity index (χ3v) is 11.5. The molecular weight excluding hydrogens is 709 g/mol. The van der Waals surface area contributed by atoms with Gasteiger partial charge in [-0.15, -0.1) is 0 Å². The number of aromatic nitrogens is 2. The summed E-state index contributed by atoms with van der Waals surface area (Å²) in [6.45, 7) is 0. The van der Waals surface area contributed by atoms with Gasteiger partial charge in [0.25, 0.3) is 0 Å². The fourth-order valence-electron chi connectivity index (χ4n) is 8.80. The number of furan rings is 2. The van der Waals surface area contributed by atoms with E-state index in [1.807, 2.05) is 24.3 Å². The lowest BCUT2D eigenvalue weighted by molar-refractivity contribution is 0.669. The minimum atomic E-state index is 0.620. The van der Waals surface area contributed by atoms with Crippen LogP contribution < -0.4 is 0 Å². The van der Waals surface area contributed by atoms with E-state index in [0.717, 1.165) is 99.4 Å². The molecule has 0 fully saturated rings. The lowest BCUT2D eigenvalue weighted by atomic mass is 9.89. The molecule has 12 rings (SSSR count). The van der Waals surface area contributed by atoms with Gasteiger partial charge in [0.15, 0.2) is 5.82 Å². The van der Waals surface area contributed by atoms with Crippen molar-refractivity contribution >= 4 is 65.4 Å². The lowest BCUT2D eigenvalue weighted by Gasteiger charge is -2.17. The molecule has 0 amide bonds. The summed E-state index contributed by atoms with van der Waals surface area (Å²) in [5.41, 5.74) is 12.1. The van der Waals surface area contributed by atoms with Gasteiger partial charge >= 0.3 is 0 Å². The van der Waals surface area contributed by atoms with Crippen LogP contribution >= 0.6 is 0 Å². The van der Waals surface area contributed by atoms with Crippen molar-refractivity contribution in [1.29, 1.82) is 0 Å². The van der Waals surface area contributed by atoms with E-state index in [-0.39, 0.29) is 0 Å². The molecule has 0 bridgehead atoms. The van der Waals surface area contributed by atoms with Crippen molar-refractivity contribution in [2.24, 2.45) is 0 Å². The van der Waals surface area contributed by atoms with Crippen molar-refractivity contribution in [3.8, 4) is 56.2 Å². The second-order valence-electron chi connectivity index (χ2n) is 14.8.